The second-order valence-electron chi connectivity index (χ2n) is 7.68. The first-order chi connectivity index (χ1) is 15.6. The zero-order valence-corrected chi connectivity index (χ0v) is 18.6. The Labute approximate surface area is 189 Å². The highest BCUT2D eigenvalue weighted by Gasteiger charge is 2.15. The summed E-state index contributed by atoms with van der Waals surface area (Å²) in [6, 6.07) is 23.9. The van der Waals surface area contributed by atoms with Crippen LogP contribution in [0.15, 0.2) is 77.6 Å². The third-order valence-corrected chi connectivity index (χ3v) is 6.31. The van der Waals surface area contributed by atoms with E-state index < -0.39 is 0 Å². The second kappa shape index (κ2) is 8.40. The Morgan fingerprint density at radius 1 is 0.938 bits per heavy atom. The average molecular weight is 440 g/mol. The van der Waals surface area contributed by atoms with Crippen molar-refractivity contribution in [2.24, 2.45) is 0 Å². The number of benzene rings is 3. The van der Waals surface area contributed by atoms with Gasteiger partial charge in [-0.1, -0.05) is 83.6 Å². The van der Waals surface area contributed by atoms with Crippen LogP contribution in [0.5, 0.6) is 5.75 Å². The van der Waals surface area contributed by atoms with Gasteiger partial charge in [-0.2, -0.15) is 0 Å². The van der Waals surface area contributed by atoms with Crippen LogP contribution < -0.4 is 14.8 Å². The Morgan fingerprint density at radius 3 is 2.50 bits per heavy atom. The van der Waals surface area contributed by atoms with Crippen LogP contribution in [0.2, 0.25) is 0 Å². The zero-order valence-electron chi connectivity index (χ0n) is 17.8. The standard InChI is InChI=1S/C26H21N3O2S/c1-17-11-13-19(14-12-17)16-31-22-10-6-4-8-20(22)15-23-25(30)29-24(27-28-26(29)32-23)21-9-5-3-7-18(21)2/h3-15H,16H2,1-2H3/b23-15-. The van der Waals surface area contributed by atoms with E-state index in [1.165, 1.54) is 16.9 Å². The van der Waals surface area contributed by atoms with Crippen LogP contribution in [0.1, 0.15) is 22.3 Å². The summed E-state index contributed by atoms with van der Waals surface area (Å²) < 4.78 is 8.26. The van der Waals surface area contributed by atoms with Gasteiger partial charge in [0.15, 0.2) is 5.82 Å². The summed E-state index contributed by atoms with van der Waals surface area (Å²) in [4.78, 5) is 13.8. The first-order valence-electron chi connectivity index (χ1n) is 10.3. The summed E-state index contributed by atoms with van der Waals surface area (Å²) in [6.07, 6.45) is 1.87. The van der Waals surface area contributed by atoms with Gasteiger partial charge in [0.2, 0.25) is 4.96 Å². The van der Waals surface area contributed by atoms with Gasteiger partial charge < -0.3 is 4.74 Å². The molecule has 158 valence electrons. The fraction of sp³-hybridized carbons (Fsp3) is 0.115. The number of aromatic nitrogens is 3. The lowest BCUT2D eigenvalue weighted by molar-refractivity contribution is 0.305. The molecule has 0 saturated carbocycles. The number of nitrogens with zero attached hydrogens (tertiary/aromatic N) is 3. The summed E-state index contributed by atoms with van der Waals surface area (Å²) in [5, 5.41) is 8.51. The molecule has 0 radical (unpaired) electrons. The smallest absolute Gasteiger partial charge is 0.276 e. The van der Waals surface area contributed by atoms with E-state index in [1.54, 1.807) is 4.40 Å². The number of ether oxygens (including phenoxy) is 1. The highest BCUT2D eigenvalue weighted by molar-refractivity contribution is 7.15. The molecule has 2 heterocycles. The van der Waals surface area contributed by atoms with Crippen molar-refractivity contribution in [3.05, 3.63) is 110 Å². The van der Waals surface area contributed by atoms with E-state index in [0.717, 1.165) is 28.0 Å². The molecule has 0 spiro atoms. The van der Waals surface area contributed by atoms with Crippen LogP contribution in [0, 0.1) is 13.8 Å². The maximum absolute atomic E-state index is 13.2. The number of rotatable bonds is 5. The van der Waals surface area contributed by atoms with Gasteiger partial charge in [-0.05, 0) is 37.1 Å². The van der Waals surface area contributed by atoms with Crippen molar-refractivity contribution in [2.45, 2.75) is 20.5 Å². The lowest BCUT2D eigenvalue weighted by atomic mass is 10.1. The summed E-state index contributed by atoms with van der Waals surface area (Å²) in [5.41, 5.74) is 5.00. The fourth-order valence-corrected chi connectivity index (χ4v) is 4.48. The average Bonchev–Trinajstić information content (AvgIpc) is 3.35. The normalized spacial score (nSPS) is 11.9. The molecule has 0 aliphatic carbocycles. The van der Waals surface area contributed by atoms with Gasteiger partial charge in [0.25, 0.3) is 5.56 Å². The van der Waals surface area contributed by atoms with Crippen LogP contribution in [0.4, 0.5) is 0 Å². The lowest BCUT2D eigenvalue weighted by Gasteiger charge is -2.09. The van der Waals surface area contributed by atoms with E-state index in [4.69, 9.17) is 4.74 Å². The zero-order chi connectivity index (χ0) is 22.1. The fourth-order valence-electron chi connectivity index (χ4n) is 3.58. The third kappa shape index (κ3) is 3.81. The van der Waals surface area contributed by atoms with Gasteiger partial charge in [0.05, 0.1) is 4.53 Å². The maximum atomic E-state index is 13.2. The molecule has 0 bridgehead atoms. The van der Waals surface area contributed by atoms with E-state index in [0.29, 0.717) is 21.9 Å². The van der Waals surface area contributed by atoms with Crippen LogP contribution >= 0.6 is 11.3 Å². The van der Waals surface area contributed by atoms with Gasteiger partial charge in [-0.25, -0.2) is 4.40 Å². The molecule has 2 aromatic heterocycles. The summed E-state index contributed by atoms with van der Waals surface area (Å²) in [7, 11) is 0. The molecule has 0 unspecified atom stereocenters. The molecule has 0 atom stereocenters. The van der Waals surface area contributed by atoms with Gasteiger partial charge >= 0.3 is 0 Å². The van der Waals surface area contributed by atoms with Crippen molar-refractivity contribution < 1.29 is 4.74 Å². The van der Waals surface area contributed by atoms with Gasteiger partial charge in [0.1, 0.15) is 12.4 Å². The van der Waals surface area contributed by atoms with E-state index in [-0.39, 0.29) is 5.56 Å². The number of hydrogen-bond donors (Lipinski definition) is 0. The molecule has 0 aliphatic rings. The lowest BCUT2D eigenvalue weighted by Crippen LogP contribution is -2.23. The number of para-hydroxylation sites is 1. The number of hydrogen-bond acceptors (Lipinski definition) is 5. The molecular weight excluding hydrogens is 418 g/mol. The quantitative estimate of drug-likeness (QED) is 0.403. The molecule has 3 aromatic carbocycles. The minimum Gasteiger partial charge on any atom is -0.488 e. The van der Waals surface area contributed by atoms with Crippen LogP contribution in [-0.4, -0.2) is 14.6 Å². The SMILES string of the molecule is Cc1ccc(COc2ccccc2/C=c2\sc3nnc(-c4ccccc4C)n3c2=O)cc1. The number of thiazole rings is 1. The first kappa shape index (κ1) is 20.2. The summed E-state index contributed by atoms with van der Waals surface area (Å²) >= 11 is 1.33. The predicted molar refractivity (Wildman–Crippen MR) is 128 cm³/mol. The van der Waals surface area contributed by atoms with Crippen molar-refractivity contribution in [1.82, 2.24) is 14.6 Å². The maximum Gasteiger partial charge on any atom is 0.276 e. The molecule has 0 amide bonds. The van der Waals surface area contributed by atoms with E-state index in [2.05, 4.69) is 41.4 Å². The molecular formula is C26H21N3O2S. The van der Waals surface area contributed by atoms with Crippen LogP contribution in [-0.2, 0) is 6.61 Å². The molecule has 0 saturated heterocycles. The van der Waals surface area contributed by atoms with Crippen molar-refractivity contribution in [1.29, 1.82) is 0 Å². The molecule has 5 rings (SSSR count). The Bertz CT molecular complexity index is 1520. The third-order valence-electron chi connectivity index (χ3n) is 5.35. The Morgan fingerprint density at radius 2 is 1.69 bits per heavy atom. The highest BCUT2D eigenvalue weighted by atomic mass is 32.1. The topological polar surface area (TPSA) is 56.5 Å². The van der Waals surface area contributed by atoms with Crippen molar-refractivity contribution >= 4 is 22.4 Å². The van der Waals surface area contributed by atoms with Crippen molar-refractivity contribution in [3.8, 4) is 17.1 Å². The summed E-state index contributed by atoms with van der Waals surface area (Å²) in [5.74, 6) is 1.30. The van der Waals surface area contributed by atoms with E-state index in [9.17, 15) is 4.79 Å². The monoisotopic (exact) mass is 439 g/mol. The minimum absolute atomic E-state index is 0.124. The largest absolute Gasteiger partial charge is 0.488 e. The second-order valence-corrected chi connectivity index (χ2v) is 8.69. The molecule has 6 heteroatoms. The van der Waals surface area contributed by atoms with E-state index >= 15 is 0 Å². The highest BCUT2D eigenvalue weighted by Crippen LogP contribution is 2.23. The molecule has 5 aromatic rings. The summed E-state index contributed by atoms with van der Waals surface area (Å²) in [6.45, 7) is 4.53. The Hall–Kier alpha value is -3.77. The van der Waals surface area contributed by atoms with Crippen LogP contribution in [0.25, 0.3) is 22.4 Å². The molecule has 0 N–H and O–H groups in total. The van der Waals surface area contributed by atoms with Gasteiger partial charge in [-0.3, -0.25) is 4.79 Å². The molecule has 5 nitrogen and oxygen atoms in total. The van der Waals surface area contributed by atoms with Gasteiger partial charge in [-0.15, -0.1) is 10.2 Å². The molecule has 0 aliphatic heterocycles. The molecule has 32 heavy (non-hydrogen) atoms. The van der Waals surface area contributed by atoms with E-state index in [1.807, 2.05) is 61.5 Å². The van der Waals surface area contributed by atoms with Crippen molar-refractivity contribution in [3.63, 3.8) is 0 Å². The first-order valence-corrected chi connectivity index (χ1v) is 11.1. The number of fused-ring (bicyclic) bond motifs is 1. The Kier molecular flexibility index (Phi) is 5.29. The predicted octanol–water partition coefficient (Wildman–Crippen LogP) is 4.56. The Balaban J connectivity index is 1.53. The number of aryl methyl sites for hydroxylation is 2. The molecule has 0 fully saturated rings. The van der Waals surface area contributed by atoms with Gasteiger partial charge in [0, 0.05) is 11.1 Å². The van der Waals surface area contributed by atoms with Crippen LogP contribution in [0.3, 0.4) is 0 Å². The minimum atomic E-state index is -0.124. The van der Waals surface area contributed by atoms with Crippen molar-refractivity contribution in [2.75, 3.05) is 0 Å².